The molecule has 2 N–H and O–H groups in total. The van der Waals surface area contributed by atoms with E-state index in [4.69, 9.17) is 16.3 Å². The Kier molecular flexibility index (Phi) is 5.88. The average molecular weight is 383 g/mol. The molecule has 1 heterocycles. The highest BCUT2D eigenvalue weighted by atomic mass is 35.5. The van der Waals surface area contributed by atoms with Gasteiger partial charge in [-0.25, -0.2) is 9.97 Å². The van der Waals surface area contributed by atoms with Crippen LogP contribution in [0.5, 0.6) is 5.75 Å². The zero-order chi connectivity index (χ0) is 19.2. The van der Waals surface area contributed by atoms with Crippen molar-refractivity contribution in [2.24, 2.45) is 0 Å². The van der Waals surface area contributed by atoms with Gasteiger partial charge < -0.3 is 15.4 Å². The first-order valence-corrected chi connectivity index (χ1v) is 8.81. The number of hydrogen-bond donors (Lipinski definition) is 2. The highest BCUT2D eigenvalue weighted by Gasteiger charge is 2.11. The number of halogens is 1. The Hall–Kier alpha value is -3.12. The van der Waals surface area contributed by atoms with Gasteiger partial charge in [-0.05, 0) is 50.2 Å². The minimum Gasteiger partial charge on any atom is -0.489 e. The van der Waals surface area contributed by atoms with Crippen LogP contribution in [0.1, 0.15) is 24.3 Å². The molecule has 0 saturated heterocycles. The summed E-state index contributed by atoms with van der Waals surface area (Å²) in [6.07, 6.45) is 1.38. The average Bonchev–Trinajstić information content (AvgIpc) is 2.65. The van der Waals surface area contributed by atoms with E-state index < -0.39 is 0 Å². The second-order valence-electron chi connectivity index (χ2n) is 6.04. The van der Waals surface area contributed by atoms with E-state index in [1.165, 1.54) is 6.33 Å². The monoisotopic (exact) mass is 382 g/mol. The second kappa shape index (κ2) is 8.51. The zero-order valence-corrected chi connectivity index (χ0v) is 15.7. The molecule has 7 heteroatoms. The second-order valence-corrected chi connectivity index (χ2v) is 6.47. The smallest absolute Gasteiger partial charge is 0.274 e. The Morgan fingerprint density at radius 1 is 1.07 bits per heavy atom. The third-order valence-electron chi connectivity index (χ3n) is 3.51. The van der Waals surface area contributed by atoms with Crippen LogP contribution >= 0.6 is 11.6 Å². The number of nitrogens with zero attached hydrogens (tertiary/aromatic N) is 2. The van der Waals surface area contributed by atoms with Gasteiger partial charge in [0.25, 0.3) is 5.91 Å². The molecule has 0 bridgehead atoms. The predicted octanol–water partition coefficient (Wildman–Crippen LogP) is 4.91. The number of carbonyl (C=O) groups excluding carboxylic acids is 1. The third kappa shape index (κ3) is 5.18. The highest BCUT2D eigenvalue weighted by molar-refractivity contribution is 6.30. The van der Waals surface area contributed by atoms with E-state index in [-0.39, 0.29) is 17.7 Å². The number of hydrogen-bond acceptors (Lipinski definition) is 5. The van der Waals surface area contributed by atoms with Crippen LogP contribution in [0.2, 0.25) is 5.02 Å². The lowest BCUT2D eigenvalue weighted by atomic mass is 10.2. The van der Waals surface area contributed by atoms with Crippen LogP contribution < -0.4 is 15.4 Å². The van der Waals surface area contributed by atoms with Crippen LogP contribution in [-0.4, -0.2) is 22.0 Å². The van der Waals surface area contributed by atoms with E-state index in [0.717, 1.165) is 5.69 Å². The molecule has 27 heavy (non-hydrogen) atoms. The molecule has 0 fully saturated rings. The van der Waals surface area contributed by atoms with Gasteiger partial charge in [0, 0.05) is 16.8 Å². The Bertz CT molecular complexity index is 929. The number of nitrogens with one attached hydrogen (secondary N) is 2. The molecule has 2 aromatic carbocycles. The van der Waals surface area contributed by atoms with Crippen molar-refractivity contribution in [1.29, 1.82) is 0 Å². The van der Waals surface area contributed by atoms with Crippen molar-refractivity contribution in [1.82, 2.24) is 9.97 Å². The molecule has 0 radical (unpaired) electrons. The van der Waals surface area contributed by atoms with Crippen LogP contribution in [0.15, 0.2) is 60.9 Å². The van der Waals surface area contributed by atoms with Crippen molar-refractivity contribution in [2.75, 3.05) is 10.6 Å². The van der Waals surface area contributed by atoms with Gasteiger partial charge in [0.05, 0.1) is 11.8 Å². The predicted molar refractivity (Wildman–Crippen MR) is 107 cm³/mol. The molecule has 1 amide bonds. The Morgan fingerprint density at radius 3 is 2.56 bits per heavy atom. The Balaban J connectivity index is 1.76. The number of ether oxygens (including phenoxy) is 1. The van der Waals surface area contributed by atoms with Gasteiger partial charge in [-0.2, -0.15) is 0 Å². The number of carbonyl (C=O) groups is 1. The molecule has 0 aliphatic heterocycles. The number of amides is 1. The number of benzene rings is 2. The molecule has 0 aliphatic carbocycles. The van der Waals surface area contributed by atoms with Gasteiger partial charge in [-0.3, -0.25) is 4.79 Å². The number of para-hydroxylation sites is 2. The molecule has 0 unspecified atom stereocenters. The standard InChI is InChI=1S/C20H19ClN4O2/c1-13(2)27-18-6-4-3-5-16(18)25-19-11-17(22-12-23-19)20(26)24-15-9-7-14(21)8-10-15/h3-13H,1-2H3,(H,24,26)(H,22,23,25). The van der Waals surface area contributed by atoms with Gasteiger partial charge in [0.1, 0.15) is 23.6 Å². The van der Waals surface area contributed by atoms with Crippen molar-refractivity contribution in [3.63, 3.8) is 0 Å². The van der Waals surface area contributed by atoms with Crippen molar-refractivity contribution >= 4 is 34.7 Å². The minimum absolute atomic E-state index is 0.0408. The van der Waals surface area contributed by atoms with Crippen molar-refractivity contribution in [2.45, 2.75) is 20.0 Å². The maximum atomic E-state index is 12.4. The largest absolute Gasteiger partial charge is 0.489 e. The van der Waals surface area contributed by atoms with E-state index in [1.807, 2.05) is 38.1 Å². The molecular formula is C20H19ClN4O2. The van der Waals surface area contributed by atoms with E-state index in [0.29, 0.717) is 22.3 Å². The maximum absolute atomic E-state index is 12.4. The van der Waals surface area contributed by atoms with E-state index in [2.05, 4.69) is 20.6 Å². The third-order valence-corrected chi connectivity index (χ3v) is 3.77. The first kappa shape index (κ1) is 18.7. The lowest BCUT2D eigenvalue weighted by molar-refractivity contribution is 0.102. The molecular weight excluding hydrogens is 364 g/mol. The van der Waals surface area contributed by atoms with Gasteiger partial charge in [-0.1, -0.05) is 23.7 Å². The molecule has 0 atom stereocenters. The highest BCUT2D eigenvalue weighted by Crippen LogP contribution is 2.27. The zero-order valence-electron chi connectivity index (χ0n) is 14.9. The lowest BCUT2D eigenvalue weighted by Crippen LogP contribution is -2.14. The fourth-order valence-corrected chi connectivity index (χ4v) is 2.47. The summed E-state index contributed by atoms with van der Waals surface area (Å²) >= 11 is 5.86. The quantitative estimate of drug-likeness (QED) is 0.633. The Labute approximate surface area is 162 Å². The summed E-state index contributed by atoms with van der Waals surface area (Å²) in [5, 5.41) is 6.55. The molecule has 3 rings (SSSR count). The molecule has 6 nitrogen and oxygen atoms in total. The first-order chi connectivity index (χ1) is 13.0. The minimum atomic E-state index is -0.338. The SMILES string of the molecule is CC(C)Oc1ccccc1Nc1cc(C(=O)Nc2ccc(Cl)cc2)ncn1. The number of aromatic nitrogens is 2. The van der Waals surface area contributed by atoms with E-state index in [9.17, 15) is 4.79 Å². The molecule has 138 valence electrons. The van der Waals surface area contributed by atoms with Gasteiger partial charge >= 0.3 is 0 Å². The lowest BCUT2D eigenvalue weighted by Gasteiger charge is -2.15. The fraction of sp³-hybridized carbons (Fsp3) is 0.150. The Morgan fingerprint density at radius 2 is 1.81 bits per heavy atom. The van der Waals surface area contributed by atoms with Crippen LogP contribution in [0, 0.1) is 0 Å². The van der Waals surface area contributed by atoms with Gasteiger partial charge in [0.2, 0.25) is 0 Å². The molecule has 3 aromatic rings. The summed E-state index contributed by atoms with van der Waals surface area (Å²) in [4.78, 5) is 20.7. The molecule has 0 saturated carbocycles. The summed E-state index contributed by atoms with van der Waals surface area (Å²) in [5.41, 5.74) is 1.63. The maximum Gasteiger partial charge on any atom is 0.274 e. The van der Waals surface area contributed by atoms with E-state index in [1.54, 1.807) is 30.3 Å². The normalized spacial score (nSPS) is 10.5. The summed E-state index contributed by atoms with van der Waals surface area (Å²) in [5.74, 6) is 0.860. The molecule has 1 aromatic heterocycles. The number of anilines is 3. The molecule has 0 spiro atoms. The van der Waals surface area contributed by atoms with Crippen molar-refractivity contribution in [3.05, 3.63) is 71.6 Å². The number of rotatable bonds is 6. The summed E-state index contributed by atoms with van der Waals surface area (Å²) < 4.78 is 5.79. The fourth-order valence-electron chi connectivity index (χ4n) is 2.34. The van der Waals surface area contributed by atoms with Gasteiger partial charge in [0.15, 0.2) is 0 Å². The van der Waals surface area contributed by atoms with Crippen LogP contribution in [-0.2, 0) is 0 Å². The van der Waals surface area contributed by atoms with Crippen molar-refractivity contribution in [3.8, 4) is 5.75 Å². The van der Waals surface area contributed by atoms with Crippen molar-refractivity contribution < 1.29 is 9.53 Å². The van der Waals surface area contributed by atoms with E-state index >= 15 is 0 Å². The summed E-state index contributed by atoms with van der Waals surface area (Å²) in [7, 11) is 0. The van der Waals surface area contributed by atoms with Crippen LogP contribution in [0.3, 0.4) is 0 Å². The van der Waals surface area contributed by atoms with Gasteiger partial charge in [-0.15, -0.1) is 0 Å². The summed E-state index contributed by atoms with van der Waals surface area (Å²) in [6, 6.07) is 16.0. The first-order valence-electron chi connectivity index (χ1n) is 8.43. The van der Waals surface area contributed by atoms with Crippen LogP contribution in [0.4, 0.5) is 17.2 Å². The topological polar surface area (TPSA) is 76.1 Å². The molecule has 0 aliphatic rings. The summed E-state index contributed by atoms with van der Waals surface area (Å²) in [6.45, 7) is 3.92. The van der Waals surface area contributed by atoms with Crippen LogP contribution in [0.25, 0.3) is 0 Å².